The van der Waals surface area contributed by atoms with Gasteiger partial charge in [0.15, 0.2) is 0 Å². The first-order valence-electron chi connectivity index (χ1n) is 10.4. The van der Waals surface area contributed by atoms with Crippen molar-refractivity contribution >= 4 is 0 Å². The van der Waals surface area contributed by atoms with Crippen LogP contribution in [0.15, 0.2) is 54.6 Å². The van der Waals surface area contributed by atoms with Gasteiger partial charge in [0.05, 0.1) is 12.7 Å². The quantitative estimate of drug-likeness (QED) is 0.653. The molecule has 1 fully saturated rings. The molecule has 0 radical (unpaired) electrons. The Morgan fingerprint density at radius 2 is 1.78 bits per heavy atom. The second kappa shape index (κ2) is 10.5. The molecule has 3 heteroatoms. The highest BCUT2D eigenvalue weighted by atomic mass is 16.5. The van der Waals surface area contributed by atoms with E-state index in [1.807, 2.05) is 0 Å². The summed E-state index contributed by atoms with van der Waals surface area (Å²) in [5.41, 5.74) is 2.62. The van der Waals surface area contributed by atoms with Crippen LogP contribution in [0.1, 0.15) is 43.7 Å². The van der Waals surface area contributed by atoms with Crippen LogP contribution >= 0.6 is 0 Å². The normalized spacial score (nSPS) is 20.5. The molecule has 0 aliphatic carbocycles. The Balaban J connectivity index is 1.50. The summed E-state index contributed by atoms with van der Waals surface area (Å²) in [5.74, 6) is 1.24. The Bertz CT molecular complexity index is 656. The molecule has 0 aromatic heterocycles. The van der Waals surface area contributed by atoms with Crippen molar-refractivity contribution < 1.29 is 9.84 Å². The molecule has 1 aliphatic heterocycles. The predicted octanol–water partition coefficient (Wildman–Crippen LogP) is 4.68. The topological polar surface area (TPSA) is 32.7 Å². The van der Waals surface area contributed by atoms with Crippen molar-refractivity contribution in [2.75, 3.05) is 19.7 Å². The molecule has 2 aromatic carbocycles. The van der Waals surface area contributed by atoms with E-state index in [0.29, 0.717) is 5.92 Å². The zero-order valence-electron chi connectivity index (χ0n) is 16.5. The number of unbranched alkanes of at least 4 members (excludes halogenated alkanes) is 2. The Hall–Kier alpha value is -1.84. The largest absolute Gasteiger partial charge is 0.494 e. The Labute approximate surface area is 164 Å². The first-order chi connectivity index (χ1) is 13.2. The van der Waals surface area contributed by atoms with Crippen LogP contribution in [0.2, 0.25) is 0 Å². The highest BCUT2D eigenvalue weighted by molar-refractivity contribution is 5.27. The maximum absolute atomic E-state index is 10.5. The lowest BCUT2D eigenvalue weighted by molar-refractivity contribution is 0.0239. The lowest BCUT2D eigenvalue weighted by atomic mass is 9.88. The second-order valence-electron chi connectivity index (χ2n) is 7.74. The van der Waals surface area contributed by atoms with Crippen LogP contribution in [0, 0.1) is 5.92 Å². The molecule has 1 N–H and O–H groups in total. The van der Waals surface area contributed by atoms with Gasteiger partial charge in [-0.15, -0.1) is 0 Å². The molecule has 1 heterocycles. The number of hydrogen-bond acceptors (Lipinski definition) is 3. The second-order valence-corrected chi connectivity index (χ2v) is 7.74. The summed E-state index contributed by atoms with van der Waals surface area (Å²) in [7, 11) is 0. The van der Waals surface area contributed by atoms with Gasteiger partial charge in [-0.1, -0.05) is 62.2 Å². The number of ether oxygens (including phenoxy) is 1. The monoisotopic (exact) mass is 367 g/mol. The number of piperidine rings is 1. The van der Waals surface area contributed by atoms with Crippen molar-refractivity contribution in [1.82, 2.24) is 4.90 Å². The molecule has 0 spiro atoms. The Morgan fingerprint density at radius 3 is 2.52 bits per heavy atom. The third-order valence-corrected chi connectivity index (χ3v) is 5.46. The fourth-order valence-corrected chi connectivity index (χ4v) is 3.85. The molecule has 0 saturated carbocycles. The summed E-state index contributed by atoms with van der Waals surface area (Å²) in [5, 5.41) is 10.5. The Morgan fingerprint density at radius 1 is 1.00 bits per heavy atom. The smallest absolute Gasteiger partial charge is 0.119 e. The van der Waals surface area contributed by atoms with Crippen LogP contribution in [0.5, 0.6) is 5.75 Å². The predicted molar refractivity (Wildman–Crippen MR) is 111 cm³/mol. The summed E-state index contributed by atoms with van der Waals surface area (Å²) in [4.78, 5) is 2.47. The summed E-state index contributed by atoms with van der Waals surface area (Å²) in [6, 6.07) is 19.0. The van der Waals surface area contributed by atoms with Crippen molar-refractivity contribution in [3.8, 4) is 5.75 Å². The van der Waals surface area contributed by atoms with Crippen molar-refractivity contribution in [2.24, 2.45) is 5.92 Å². The first-order valence-corrected chi connectivity index (χ1v) is 10.4. The van der Waals surface area contributed by atoms with Crippen molar-refractivity contribution in [2.45, 2.75) is 51.7 Å². The van der Waals surface area contributed by atoms with Gasteiger partial charge in [0.1, 0.15) is 5.75 Å². The zero-order chi connectivity index (χ0) is 18.9. The van der Waals surface area contributed by atoms with Gasteiger partial charge in [-0.3, -0.25) is 4.90 Å². The number of aliphatic hydroxyl groups excluding tert-OH is 1. The van der Waals surface area contributed by atoms with E-state index in [1.54, 1.807) is 0 Å². The van der Waals surface area contributed by atoms with Gasteiger partial charge in [0.25, 0.3) is 0 Å². The molecule has 2 aromatic rings. The van der Waals surface area contributed by atoms with Crippen molar-refractivity contribution in [1.29, 1.82) is 0 Å². The molecule has 1 saturated heterocycles. The maximum atomic E-state index is 10.5. The fraction of sp³-hybridized carbons (Fsp3) is 0.500. The molecule has 27 heavy (non-hydrogen) atoms. The molecule has 1 aliphatic rings. The number of nitrogens with zero attached hydrogens (tertiary/aromatic N) is 1. The standard InChI is InChI=1S/C24H33NO2/c1-2-3-7-16-27-23-12-10-20(11-13-23)17-22-19-25(15-14-24(22)26)18-21-8-5-4-6-9-21/h4-6,8-13,22,24,26H,2-3,7,14-19H2,1H3. The van der Waals surface area contributed by atoms with Crippen LogP contribution in [0.4, 0.5) is 0 Å². The summed E-state index contributed by atoms with van der Waals surface area (Å²) in [6.45, 7) is 5.88. The summed E-state index contributed by atoms with van der Waals surface area (Å²) < 4.78 is 5.80. The molecular weight excluding hydrogens is 334 g/mol. The van der Waals surface area contributed by atoms with Crippen LogP contribution in [-0.2, 0) is 13.0 Å². The number of likely N-dealkylation sites (tertiary alicyclic amines) is 1. The van der Waals surface area contributed by atoms with Gasteiger partial charge >= 0.3 is 0 Å². The zero-order valence-corrected chi connectivity index (χ0v) is 16.5. The number of rotatable bonds is 9. The first kappa shape index (κ1) is 19.9. The van der Waals surface area contributed by atoms with E-state index in [2.05, 4.69) is 66.4 Å². The van der Waals surface area contributed by atoms with E-state index >= 15 is 0 Å². The lowest BCUT2D eigenvalue weighted by Crippen LogP contribution is -2.43. The van der Waals surface area contributed by atoms with E-state index < -0.39 is 0 Å². The minimum Gasteiger partial charge on any atom is -0.494 e. The highest BCUT2D eigenvalue weighted by Crippen LogP contribution is 2.24. The molecular formula is C24H33NO2. The van der Waals surface area contributed by atoms with E-state index in [4.69, 9.17) is 4.74 Å². The number of benzene rings is 2. The van der Waals surface area contributed by atoms with Gasteiger partial charge < -0.3 is 9.84 Å². The van der Waals surface area contributed by atoms with E-state index in [0.717, 1.165) is 51.3 Å². The Kier molecular flexibility index (Phi) is 7.73. The molecule has 3 rings (SSSR count). The van der Waals surface area contributed by atoms with Gasteiger partial charge in [0, 0.05) is 25.6 Å². The SMILES string of the molecule is CCCCCOc1ccc(CC2CN(Cc3ccccc3)CCC2O)cc1. The lowest BCUT2D eigenvalue weighted by Gasteiger charge is -2.36. The van der Waals surface area contributed by atoms with Crippen LogP contribution in [-0.4, -0.2) is 35.8 Å². The van der Waals surface area contributed by atoms with Gasteiger partial charge in [-0.25, -0.2) is 0 Å². The van der Waals surface area contributed by atoms with Crippen molar-refractivity contribution in [3.63, 3.8) is 0 Å². The minimum atomic E-state index is -0.206. The van der Waals surface area contributed by atoms with Gasteiger partial charge in [-0.05, 0) is 42.5 Å². The molecule has 3 nitrogen and oxygen atoms in total. The molecule has 2 unspecified atom stereocenters. The van der Waals surface area contributed by atoms with Crippen LogP contribution in [0.3, 0.4) is 0 Å². The van der Waals surface area contributed by atoms with E-state index in [-0.39, 0.29) is 6.10 Å². The summed E-state index contributed by atoms with van der Waals surface area (Å²) >= 11 is 0. The highest BCUT2D eigenvalue weighted by Gasteiger charge is 2.27. The average molecular weight is 368 g/mol. The van der Waals surface area contributed by atoms with E-state index in [9.17, 15) is 5.11 Å². The van der Waals surface area contributed by atoms with Gasteiger partial charge in [-0.2, -0.15) is 0 Å². The molecule has 146 valence electrons. The van der Waals surface area contributed by atoms with Crippen LogP contribution in [0.25, 0.3) is 0 Å². The molecule has 0 bridgehead atoms. The third-order valence-electron chi connectivity index (χ3n) is 5.46. The molecule has 2 atom stereocenters. The number of aliphatic hydroxyl groups is 1. The maximum Gasteiger partial charge on any atom is 0.119 e. The molecule has 0 amide bonds. The third kappa shape index (κ3) is 6.37. The number of hydrogen-bond donors (Lipinski definition) is 1. The van der Waals surface area contributed by atoms with Crippen LogP contribution < -0.4 is 4.74 Å². The minimum absolute atomic E-state index is 0.206. The van der Waals surface area contributed by atoms with Crippen molar-refractivity contribution in [3.05, 3.63) is 65.7 Å². The average Bonchev–Trinajstić information content (AvgIpc) is 2.70. The van der Waals surface area contributed by atoms with E-state index in [1.165, 1.54) is 24.0 Å². The fourth-order valence-electron chi connectivity index (χ4n) is 3.85. The summed E-state index contributed by atoms with van der Waals surface area (Å²) in [6.07, 6.45) is 5.12. The van der Waals surface area contributed by atoms with Gasteiger partial charge in [0.2, 0.25) is 0 Å².